The molecule has 0 saturated carbocycles. The molecule has 0 bridgehead atoms. The smallest absolute Gasteiger partial charge is 0.149 e. The van der Waals surface area contributed by atoms with E-state index in [1.165, 1.54) is 0 Å². The molecular weight excluding hydrogens is 230 g/mol. The van der Waals surface area contributed by atoms with E-state index in [9.17, 15) is 0 Å². The molecule has 72 valence electrons. The Morgan fingerprint density at radius 2 is 1.92 bits per heavy atom. The first-order chi connectivity index (χ1) is 6.11. The van der Waals surface area contributed by atoms with E-state index in [4.69, 9.17) is 4.74 Å². The predicted molar refractivity (Wildman–Crippen MR) is 57.9 cm³/mol. The average Bonchev–Trinajstić information content (AvgIpc) is 2.08. The Bertz CT molecular complexity index is 275. The fraction of sp³-hybridized carbons (Fsp3) is 0.400. The van der Waals surface area contributed by atoms with Crippen molar-refractivity contribution in [3.8, 4) is 5.75 Å². The third kappa shape index (κ3) is 3.01. The van der Waals surface area contributed by atoms with Crippen LogP contribution in [0.2, 0.25) is 0 Å². The number of rotatable bonds is 3. The first kappa shape index (κ1) is 10.5. The predicted octanol–water partition coefficient (Wildman–Crippen LogP) is 2.74. The van der Waals surface area contributed by atoms with Crippen LogP contribution in [0.25, 0.3) is 0 Å². The maximum atomic E-state index is 5.69. The van der Waals surface area contributed by atoms with Crippen molar-refractivity contribution in [1.29, 1.82) is 0 Å². The van der Waals surface area contributed by atoms with Crippen LogP contribution in [0.5, 0.6) is 5.75 Å². The molecule has 0 aliphatic rings. The minimum absolute atomic E-state index is 0.0821. The van der Waals surface area contributed by atoms with Gasteiger partial charge in [-0.2, -0.15) is 0 Å². The lowest BCUT2D eigenvalue weighted by Gasteiger charge is -2.21. The monoisotopic (exact) mass is 243 g/mol. The zero-order valence-electron chi connectivity index (χ0n) is 8.12. The minimum atomic E-state index is 0.0821. The van der Waals surface area contributed by atoms with Gasteiger partial charge in [-0.25, -0.2) is 0 Å². The van der Waals surface area contributed by atoms with Gasteiger partial charge in [-0.3, -0.25) is 4.90 Å². The molecule has 3 heteroatoms. The van der Waals surface area contributed by atoms with Crippen LogP contribution in [0.1, 0.15) is 6.92 Å². The van der Waals surface area contributed by atoms with Gasteiger partial charge in [-0.1, -0.05) is 12.1 Å². The molecule has 0 radical (unpaired) electrons. The Labute approximate surface area is 87.6 Å². The van der Waals surface area contributed by atoms with E-state index in [1.807, 2.05) is 50.2 Å². The van der Waals surface area contributed by atoms with Crippen LogP contribution in [0.4, 0.5) is 0 Å². The number of para-hydroxylation sites is 1. The van der Waals surface area contributed by atoms with Gasteiger partial charge >= 0.3 is 0 Å². The van der Waals surface area contributed by atoms with Crippen molar-refractivity contribution < 1.29 is 4.74 Å². The zero-order valence-corrected chi connectivity index (χ0v) is 9.71. The molecule has 0 heterocycles. The summed E-state index contributed by atoms with van der Waals surface area (Å²) in [5, 5.41) is 0. The van der Waals surface area contributed by atoms with Crippen molar-refractivity contribution in [3.63, 3.8) is 0 Å². The zero-order chi connectivity index (χ0) is 9.84. The molecule has 1 atom stereocenters. The molecule has 0 aliphatic heterocycles. The van der Waals surface area contributed by atoms with E-state index in [2.05, 4.69) is 15.9 Å². The third-order valence-corrected chi connectivity index (χ3v) is 2.52. The van der Waals surface area contributed by atoms with Crippen LogP contribution >= 0.6 is 15.9 Å². The third-order valence-electron chi connectivity index (χ3n) is 1.86. The molecule has 13 heavy (non-hydrogen) atoms. The SMILES string of the molecule is CC(Oc1ccccc1Br)N(C)C. The number of nitrogens with zero attached hydrogens (tertiary/aromatic N) is 1. The second kappa shape index (κ2) is 4.63. The van der Waals surface area contributed by atoms with Gasteiger partial charge in [0, 0.05) is 0 Å². The second-order valence-electron chi connectivity index (χ2n) is 3.11. The number of hydrogen-bond donors (Lipinski definition) is 0. The van der Waals surface area contributed by atoms with E-state index in [0.717, 1.165) is 10.2 Å². The summed E-state index contributed by atoms with van der Waals surface area (Å²) in [5.41, 5.74) is 0. The molecule has 1 aromatic carbocycles. The fourth-order valence-corrected chi connectivity index (χ4v) is 1.21. The van der Waals surface area contributed by atoms with E-state index in [1.54, 1.807) is 0 Å². The first-order valence-electron chi connectivity index (χ1n) is 4.19. The highest BCUT2D eigenvalue weighted by atomic mass is 79.9. The van der Waals surface area contributed by atoms with Gasteiger partial charge in [-0.05, 0) is 49.1 Å². The lowest BCUT2D eigenvalue weighted by molar-refractivity contribution is 0.0808. The second-order valence-corrected chi connectivity index (χ2v) is 3.97. The Morgan fingerprint density at radius 3 is 2.46 bits per heavy atom. The number of hydrogen-bond acceptors (Lipinski definition) is 2. The Kier molecular flexibility index (Phi) is 3.75. The van der Waals surface area contributed by atoms with Gasteiger partial charge in [-0.15, -0.1) is 0 Å². The lowest BCUT2D eigenvalue weighted by Crippen LogP contribution is -2.30. The van der Waals surface area contributed by atoms with Gasteiger partial charge in [0.1, 0.15) is 12.0 Å². The van der Waals surface area contributed by atoms with Gasteiger partial charge in [0.15, 0.2) is 0 Å². The van der Waals surface area contributed by atoms with E-state index < -0.39 is 0 Å². The molecule has 1 rings (SSSR count). The summed E-state index contributed by atoms with van der Waals surface area (Å²) in [4.78, 5) is 2.01. The number of benzene rings is 1. The van der Waals surface area contributed by atoms with Crippen LogP contribution in [-0.4, -0.2) is 25.2 Å². The van der Waals surface area contributed by atoms with Gasteiger partial charge < -0.3 is 4.74 Å². The highest BCUT2D eigenvalue weighted by Crippen LogP contribution is 2.24. The van der Waals surface area contributed by atoms with Crippen molar-refractivity contribution in [2.24, 2.45) is 0 Å². The Morgan fingerprint density at radius 1 is 1.31 bits per heavy atom. The summed E-state index contributed by atoms with van der Waals surface area (Å²) in [5.74, 6) is 0.878. The standard InChI is InChI=1S/C10H14BrNO/c1-8(12(2)3)13-10-7-5-4-6-9(10)11/h4-8H,1-3H3. The molecule has 0 fully saturated rings. The van der Waals surface area contributed by atoms with Crippen molar-refractivity contribution in [2.75, 3.05) is 14.1 Å². The minimum Gasteiger partial charge on any atom is -0.474 e. The van der Waals surface area contributed by atoms with Crippen molar-refractivity contribution in [3.05, 3.63) is 28.7 Å². The highest BCUT2D eigenvalue weighted by Gasteiger charge is 2.07. The molecule has 0 N–H and O–H groups in total. The normalized spacial score (nSPS) is 13.0. The summed E-state index contributed by atoms with van der Waals surface area (Å²) < 4.78 is 6.68. The molecule has 1 unspecified atom stereocenters. The summed E-state index contributed by atoms with van der Waals surface area (Å²) in [6.45, 7) is 2.01. The van der Waals surface area contributed by atoms with Crippen LogP contribution in [0.3, 0.4) is 0 Å². The number of ether oxygens (including phenoxy) is 1. The van der Waals surface area contributed by atoms with E-state index in [-0.39, 0.29) is 6.23 Å². The average molecular weight is 244 g/mol. The Balaban J connectivity index is 2.69. The fourth-order valence-electron chi connectivity index (χ4n) is 0.829. The van der Waals surface area contributed by atoms with E-state index in [0.29, 0.717) is 0 Å². The highest BCUT2D eigenvalue weighted by molar-refractivity contribution is 9.10. The van der Waals surface area contributed by atoms with Crippen molar-refractivity contribution in [2.45, 2.75) is 13.2 Å². The lowest BCUT2D eigenvalue weighted by atomic mass is 10.3. The molecule has 2 nitrogen and oxygen atoms in total. The van der Waals surface area contributed by atoms with Gasteiger partial charge in [0.05, 0.1) is 4.47 Å². The summed E-state index contributed by atoms with van der Waals surface area (Å²) in [6, 6.07) is 7.85. The quantitative estimate of drug-likeness (QED) is 0.758. The molecule has 0 spiro atoms. The maximum Gasteiger partial charge on any atom is 0.149 e. The summed E-state index contributed by atoms with van der Waals surface area (Å²) in [7, 11) is 3.98. The van der Waals surface area contributed by atoms with Crippen molar-refractivity contribution >= 4 is 15.9 Å². The topological polar surface area (TPSA) is 12.5 Å². The first-order valence-corrected chi connectivity index (χ1v) is 4.98. The van der Waals surface area contributed by atoms with Crippen LogP contribution in [0.15, 0.2) is 28.7 Å². The van der Waals surface area contributed by atoms with Gasteiger partial charge in [0.25, 0.3) is 0 Å². The molecule has 0 aliphatic carbocycles. The van der Waals surface area contributed by atoms with Gasteiger partial charge in [0.2, 0.25) is 0 Å². The summed E-state index contributed by atoms with van der Waals surface area (Å²) in [6.07, 6.45) is 0.0821. The molecule has 0 amide bonds. The Hall–Kier alpha value is -0.540. The molecule has 1 aromatic rings. The van der Waals surface area contributed by atoms with Crippen LogP contribution in [0, 0.1) is 0 Å². The van der Waals surface area contributed by atoms with Crippen LogP contribution in [-0.2, 0) is 0 Å². The number of halogens is 1. The van der Waals surface area contributed by atoms with Crippen molar-refractivity contribution in [1.82, 2.24) is 4.90 Å². The summed E-state index contributed by atoms with van der Waals surface area (Å²) >= 11 is 3.43. The molecular formula is C10H14BrNO. The van der Waals surface area contributed by atoms with Crippen LogP contribution < -0.4 is 4.74 Å². The van der Waals surface area contributed by atoms with E-state index >= 15 is 0 Å². The molecule has 0 saturated heterocycles. The largest absolute Gasteiger partial charge is 0.474 e. The molecule has 0 aromatic heterocycles. The maximum absolute atomic E-state index is 5.69.